The first-order valence-corrected chi connectivity index (χ1v) is 14.8. The molecule has 2 heterocycles. The Labute approximate surface area is 245 Å². The van der Waals surface area contributed by atoms with Crippen molar-refractivity contribution in [1.29, 1.82) is 0 Å². The smallest absolute Gasteiger partial charge is 0.265 e. The molecule has 0 fully saturated rings. The first-order valence-electron chi connectivity index (χ1n) is 14.0. The summed E-state index contributed by atoms with van der Waals surface area (Å²) in [7, 11) is 0. The fourth-order valence-electron chi connectivity index (χ4n) is 5.97. The zero-order valence-corrected chi connectivity index (χ0v) is 23.3. The van der Waals surface area contributed by atoms with Gasteiger partial charge in [0.1, 0.15) is 5.76 Å². The molecule has 7 rings (SSSR count). The number of carbonyl (C=O) groups is 1. The van der Waals surface area contributed by atoms with Crippen LogP contribution < -0.4 is 4.90 Å². The van der Waals surface area contributed by atoms with Gasteiger partial charge in [0.05, 0.1) is 11.3 Å². The standard InChI is InChI=1S/C37H29NO2S/c39-36-35(29-19-9-3-10-20-29)32(25-27-15-5-1-6-16-27)40-37(30-21-11-4-12-22-30)26-34(28-17-7-2-8-18-28)41-33-24-14-13-23-31(33)38(36)37/h1-24,34H,25-26H2/t34-,37-/m0/s1. The maximum atomic E-state index is 15.1. The number of fused-ring (bicyclic) bond motifs is 3. The van der Waals surface area contributed by atoms with Gasteiger partial charge in [-0.2, -0.15) is 0 Å². The highest BCUT2D eigenvalue weighted by atomic mass is 32.2. The number of amides is 1. The molecule has 2 aliphatic rings. The van der Waals surface area contributed by atoms with Gasteiger partial charge in [0.25, 0.3) is 5.91 Å². The third-order valence-electron chi connectivity index (χ3n) is 7.85. The quantitative estimate of drug-likeness (QED) is 0.219. The highest BCUT2D eigenvalue weighted by Crippen LogP contribution is 2.57. The Kier molecular flexibility index (Phi) is 6.69. The molecule has 1 amide bonds. The molecule has 2 aliphatic heterocycles. The lowest BCUT2D eigenvalue weighted by Gasteiger charge is -2.48. The summed E-state index contributed by atoms with van der Waals surface area (Å²) < 4.78 is 7.37. The van der Waals surface area contributed by atoms with Gasteiger partial charge in [-0.05, 0) is 28.8 Å². The lowest BCUT2D eigenvalue weighted by Crippen LogP contribution is -2.55. The van der Waals surface area contributed by atoms with Crippen LogP contribution in [0.3, 0.4) is 0 Å². The fraction of sp³-hybridized carbons (Fsp3) is 0.108. The van der Waals surface area contributed by atoms with Crippen LogP contribution in [-0.4, -0.2) is 5.91 Å². The van der Waals surface area contributed by atoms with Gasteiger partial charge in [-0.25, -0.2) is 0 Å². The van der Waals surface area contributed by atoms with E-state index in [0.717, 1.165) is 27.3 Å². The van der Waals surface area contributed by atoms with E-state index < -0.39 is 5.72 Å². The van der Waals surface area contributed by atoms with Crippen molar-refractivity contribution in [1.82, 2.24) is 0 Å². The predicted octanol–water partition coefficient (Wildman–Crippen LogP) is 8.79. The number of para-hydroxylation sites is 1. The van der Waals surface area contributed by atoms with Crippen LogP contribution in [0.25, 0.3) is 5.57 Å². The van der Waals surface area contributed by atoms with Gasteiger partial charge in [-0.15, -0.1) is 11.8 Å². The number of benzene rings is 5. The van der Waals surface area contributed by atoms with Gasteiger partial charge in [0.2, 0.25) is 5.72 Å². The van der Waals surface area contributed by atoms with E-state index in [9.17, 15) is 0 Å². The summed E-state index contributed by atoms with van der Waals surface area (Å²) in [4.78, 5) is 18.1. The van der Waals surface area contributed by atoms with Crippen LogP contribution in [0.2, 0.25) is 0 Å². The minimum Gasteiger partial charge on any atom is -0.466 e. The average Bonchev–Trinajstić information content (AvgIpc) is 3.18. The number of allylic oxidation sites excluding steroid dienone is 1. The molecule has 2 atom stereocenters. The zero-order chi connectivity index (χ0) is 27.6. The number of hydrogen-bond donors (Lipinski definition) is 0. The van der Waals surface area contributed by atoms with Crippen LogP contribution in [0.5, 0.6) is 0 Å². The van der Waals surface area contributed by atoms with Crippen LogP contribution in [0.4, 0.5) is 5.69 Å². The lowest BCUT2D eigenvalue weighted by molar-refractivity contribution is -0.123. The van der Waals surface area contributed by atoms with Gasteiger partial charge in [0.15, 0.2) is 0 Å². The number of anilines is 1. The molecule has 0 spiro atoms. The first-order chi connectivity index (χ1) is 20.2. The van der Waals surface area contributed by atoms with Gasteiger partial charge in [-0.3, -0.25) is 9.69 Å². The van der Waals surface area contributed by atoms with Crippen LogP contribution in [-0.2, 0) is 21.7 Å². The summed E-state index contributed by atoms with van der Waals surface area (Å²) in [5, 5.41) is 0.0617. The van der Waals surface area contributed by atoms with E-state index in [1.54, 1.807) is 11.8 Å². The van der Waals surface area contributed by atoms with Crippen molar-refractivity contribution in [3.63, 3.8) is 0 Å². The van der Waals surface area contributed by atoms with E-state index in [2.05, 4.69) is 60.7 Å². The molecule has 200 valence electrons. The summed E-state index contributed by atoms with van der Waals surface area (Å²) in [6.45, 7) is 0. The summed E-state index contributed by atoms with van der Waals surface area (Å²) in [6, 6.07) is 49.3. The van der Waals surface area contributed by atoms with Crippen LogP contribution in [0, 0.1) is 0 Å². The summed E-state index contributed by atoms with van der Waals surface area (Å²) in [5.41, 5.74) is 4.58. The zero-order valence-electron chi connectivity index (χ0n) is 22.5. The van der Waals surface area contributed by atoms with E-state index in [-0.39, 0.29) is 11.2 Å². The number of ether oxygens (including phenoxy) is 1. The lowest BCUT2D eigenvalue weighted by atomic mass is 9.88. The van der Waals surface area contributed by atoms with Crippen LogP contribution >= 0.6 is 11.8 Å². The molecule has 41 heavy (non-hydrogen) atoms. The van der Waals surface area contributed by atoms with Crippen molar-refractivity contribution < 1.29 is 9.53 Å². The monoisotopic (exact) mass is 551 g/mol. The maximum absolute atomic E-state index is 15.1. The second-order valence-electron chi connectivity index (χ2n) is 10.4. The topological polar surface area (TPSA) is 29.5 Å². The van der Waals surface area contributed by atoms with Crippen molar-refractivity contribution >= 4 is 28.9 Å². The highest BCUT2D eigenvalue weighted by Gasteiger charge is 2.53. The molecule has 0 N–H and O–H groups in total. The van der Waals surface area contributed by atoms with Crippen molar-refractivity contribution in [2.45, 2.75) is 28.7 Å². The molecule has 0 saturated carbocycles. The minimum atomic E-state index is -1.04. The molecule has 0 radical (unpaired) electrons. The Hall–Kier alpha value is -4.54. The molecule has 5 aromatic rings. The predicted molar refractivity (Wildman–Crippen MR) is 166 cm³/mol. The van der Waals surface area contributed by atoms with E-state index in [1.165, 1.54) is 5.56 Å². The summed E-state index contributed by atoms with van der Waals surface area (Å²) >= 11 is 1.80. The molecule has 0 unspecified atom stereocenters. The third-order valence-corrected chi connectivity index (χ3v) is 9.18. The Morgan fingerprint density at radius 3 is 2.00 bits per heavy atom. The Morgan fingerprint density at radius 2 is 1.29 bits per heavy atom. The van der Waals surface area contributed by atoms with E-state index in [4.69, 9.17) is 4.74 Å². The van der Waals surface area contributed by atoms with Crippen LogP contribution in [0.1, 0.15) is 33.9 Å². The molecule has 0 aliphatic carbocycles. The number of rotatable bonds is 5. The number of carbonyl (C=O) groups excluding carboxylic acids is 1. The fourth-order valence-corrected chi connectivity index (χ4v) is 7.32. The van der Waals surface area contributed by atoms with E-state index >= 15 is 4.79 Å². The molecule has 0 saturated heterocycles. The molecule has 4 heteroatoms. The van der Waals surface area contributed by atoms with Crippen molar-refractivity contribution in [2.24, 2.45) is 0 Å². The average molecular weight is 552 g/mol. The number of nitrogens with zero attached hydrogens (tertiary/aromatic N) is 1. The normalized spacial score (nSPS) is 20.0. The minimum absolute atomic E-state index is 0.0426. The van der Waals surface area contributed by atoms with Gasteiger partial charge < -0.3 is 4.74 Å². The van der Waals surface area contributed by atoms with Gasteiger partial charge in [-0.1, -0.05) is 133 Å². The largest absolute Gasteiger partial charge is 0.466 e. The van der Waals surface area contributed by atoms with Gasteiger partial charge >= 0.3 is 0 Å². The Bertz CT molecular complexity index is 1700. The number of thioether (sulfide) groups is 1. The van der Waals surface area contributed by atoms with E-state index in [1.807, 2.05) is 89.8 Å². The molecule has 5 aromatic carbocycles. The highest BCUT2D eigenvalue weighted by molar-refractivity contribution is 7.99. The third kappa shape index (κ3) is 4.64. The van der Waals surface area contributed by atoms with Crippen molar-refractivity contribution in [3.05, 3.63) is 174 Å². The second-order valence-corrected chi connectivity index (χ2v) is 11.7. The van der Waals surface area contributed by atoms with Crippen molar-refractivity contribution in [3.8, 4) is 0 Å². The van der Waals surface area contributed by atoms with E-state index in [0.29, 0.717) is 24.2 Å². The molecular weight excluding hydrogens is 522 g/mol. The first kappa shape index (κ1) is 25.4. The summed E-state index contributed by atoms with van der Waals surface area (Å²) in [5.74, 6) is 0.655. The molecule has 0 bridgehead atoms. The molecule has 3 nitrogen and oxygen atoms in total. The van der Waals surface area contributed by atoms with Crippen molar-refractivity contribution in [2.75, 3.05) is 4.90 Å². The second kappa shape index (κ2) is 10.8. The Balaban J connectivity index is 1.51. The van der Waals surface area contributed by atoms with Gasteiger partial charge in [0, 0.05) is 28.6 Å². The maximum Gasteiger partial charge on any atom is 0.265 e. The summed E-state index contributed by atoms with van der Waals surface area (Å²) in [6.07, 6.45) is 1.11. The SMILES string of the molecule is O=C1C(c2ccccc2)=C(Cc2ccccc2)O[C@]2(c3ccccc3)C[C@@H](c3ccccc3)Sc3ccccc3N12. The Morgan fingerprint density at radius 1 is 0.707 bits per heavy atom. The molecular formula is C37H29NO2S. The molecule has 0 aromatic heterocycles. The van der Waals surface area contributed by atoms with Crippen LogP contribution in [0.15, 0.2) is 156 Å². The number of hydrogen-bond acceptors (Lipinski definition) is 3.